The molecule has 2 rings (SSSR count). The molecular weight excluding hydrogens is 291 g/mol. The first-order valence-electron chi connectivity index (χ1n) is 4.59. The third kappa shape index (κ3) is 2.93. The smallest absolute Gasteiger partial charge is 0.166 e. The van der Waals surface area contributed by atoms with Crippen LogP contribution in [0, 0.1) is 0 Å². The van der Waals surface area contributed by atoms with Crippen LogP contribution in [0.4, 0.5) is 0 Å². The lowest BCUT2D eigenvalue weighted by Gasteiger charge is -2.07. The van der Waals surface area contributed by atoms with Crippen molar-refractivity contribution in [1.82, 2.24) is 9.97 Å². The van der Waals surface area contributed by atoms with Crippen LogP contribution >= 0.6 is 27.5 Å². The Morgan fingerprint density at radius 1 is 1.25 bits per heavy atom. The Labute approximate surface area is 107 Å². The lowest BCUT2D eigenvalue weighted by molar-refractivity contribution is 0.296. The first-order chi connectivity index (χ1) is 7.75. The zero-order chi connectivity index (χ0) is 11.4. The van der Waals surface area contributed by atoms with Crippen LogP contribution in [0.5, 0.6) is 5.75 Å². The number of nitrogens with zero attached hydrogens (tertiary/aromatic N) is 2. The zero-order valence-electron chi connectivity index (χ0n) is 8.23. The maximum Gasteiger partial charge on any atom is 0.166 e. The van der Waals surface area contributed by atoms with Crippen molar-refractivity contribution in [1.29, 1.82) is 0 Å². The first-order valence-corrected chi connectivity index (χ1v) is 5.76. The van der Waals surface area contributed by atoms with Crippen LogP contribution in [0.15, 0.2) is 41.1 Å². The Hall–Kier alpha value is -1.13. The molecule has 0 aliphatic rings. The van der Waals surface area contributed by atoms with Gasteiger partial charge >= 0.3 is 0 Å². The molecule has 1 aromatic carbocycles. The van der Waals surface area contributed by atoms with E-state index in [0.29, 0.717) is 23.2 Å². The molecule has 16 heavy (non-hydrogen) atoms. The quantitative estimate of drug-likeness (QED) is 0.870. The molecule has 0 fully saturated rings. The molecule has 0 radical (unpaired) electrons. The molecule has 0 N–H and O–H groups in total. The van der Waals surface area contributed by atoms with Gasteiger partial charge in [-0.2, -0.15) is 0 Å². The molecule has 0 bridgehead atoms. The number of hydrogen-bond acceptors (Lipinski definition) is 3. The number of halogens is 2. The molecule has 0 unspecified atom stereocenters. The van der Waals surface area contributed by atoms with E-state index < -0.39 is 0 Å². The van der Waals surface area contributed by atoms with E-state index in [1.54, 1.807) is 24.5 Å². The molecule has 0 saturated heterocycles. The maximum absolute atomic E-state index is 5.98. The van der Waals surface area contributed by atoms with Gasteiger partial charge in [-0.15, -0.1) is 0 Å². The van der Waals surface area contributed by atoms with Crippen LogP contribution in [0.2, 0.25) is 5.02 Å². The van der Waals surface area contributed by atoms with E-state index in [-0.39, 0.29) is 0 Å². The van der Waals surface area contributed by atoms with Crippen molar-refractivity contribution in [3.63, 3.8) is 0 Å². The molecule has 2 aromatic rings. The minimum atomic E-state index is 0.303. The summed E-state index contributed by atoms with van der Waals surface area (Å²) in [6.45, 7) is 0.303. The van der Waals surface area contributed by atoms with E-state index in [2.05, 4.69) is 25.9 Å². The Kier molecular flexibility index (Phi) is 3.74. The second-order valence-electron chi connectivity index (χ2n) is 3.03. The lowest BCUT2D eigenvalue weighted by Crippen LogP contribution is -2.00. The highest BCUT2D eigenvalue weighted by atomic mass is 79.9. The fourth-order valence-electron chi connectivity index (χ4n) is 1.13. The molecule has 0 saturated carbocycles. The topological polar surface area (TPSA) is 35.0 Å². The number of hydrogen-bond donors (Lipinski definition) is 0. The van der Waals surface area contributed by atoms with Gasteiger partial charge in [0.2, 0.25) is 0 Å². The van der Waals surface area contributed by atoms with Gasteiger partial charge in [0, 0.05) is 16.9 Å². The van der Waals surface area contributed by atoms with E-state index in [9.17, 15) is 0 Å². The number of aromatic nitrogens is 2. The van der Waals surface area contributed by atoms with Gasteiger partial charge in [0.25, 0.3) is 0 Å². The summed E-state index contributed by atoms with van der Waals surface area (Å²) in [5, 5.41) is 0.569. The van der Waals surface area contributed by atoms with Gasteiger partial charge in [0.1, 0.15) is 12.4 Å². The third-order valence-electron chi connectivity index (χ3n) is 1.87. The van der Waals surface area contributed by atoms with Gasteiger partial charge in [-0.05, 0) is 24.3 Å². The number of rotatable bonds is 3. The summed E-state index contributed by atoms with van der Waals surface area (Å²) in [4.78, 5) is 8.11. The largest absolute Gasteiger partial charge is 0.484 e. The van der Waals surface area contributed by atoms with Gasteiger partial charge in [-0.3, -0.25) is 0 Å². The normalized spacial score (nSPS) is 10.1. The summed E-state index contributed by atoms with van der Waals surface area (Å²) < 4.78 is 6.43. The summed E-state index contributed by atoms with van der Waals surface area (Å²) in [7, 11) is 0. The summed E-state index contributed by atoms with van der Waals surface area (Å²) in [5.74, 6) is 1.24. The molecule has 0 aliphatic heterocycles. The third-order valence-corrected chi connectivity index (χ3v) is 2.67. The van der Waals surface area contributed by atoms with E-state index in [1.165, 1.54) is 0 Å². The van der Waals surface area contributed by atoms with Crippen molar-refractivity contribution >= 4 is 27.5 Å². The predicted molar refractivity (Wildman–Crippen MR) is 65.5 cm³/mol. The summed E-state index contributed by atoms with van der Waals surface area (Å²) >= 11 is 9.33. The Bertz CT molecular complexity index is 479. The highest BCUT2D eigenvalue weighted by Crippen LogP contribution is 2.28. The highest BCUT2D eigenvalue weighted by Gasteiger charge is 2.03. The van der Waals surface area contributed by atoms with Crippen LogP contribution < -0.4 is 4.74 Å². The minimum Gasteiger partial charge on any atom is -0.484 e. The Morgan fingerprint density at radius 3 is 2.75 bits per heavy atom. The van der Waals surface area contributed by atoms with Crippen LogP contribution in [0.3, 0.4) is 0 Å². The maximum atomic E-state index is 5.98. The molecule has 1 heterocycles. The van der Waals surface area contributed by atoms with E-state index in [0.717, 1.165) is 4.47 Å². The average molecular weight is 300 g/mol. The monoisotopic (exact) mass is 298 g/mol. The number of benzene rings is 1. The second-order valence-corrected chi connectivity index (χ2v) is 4.35. The van der Waals surface area contributed by atoms with Crippen molar-refractivity contribution in [3.05, 3.63) is 52.0 Å². The summed E-state index contributed by atoms with van der Waals surface area (Å²) in [5.41, 5.74) is 0. The fraction of sp³-hybridized carbons (Fsp3) is 0.0909. The van der Waals surface area contributed by atoms with Crippen molar-refractivity contribution < 1.29 is 4.74 Å². The molecule has 0 amide bonds. The lowest BCUT2D eigenvalue weighted by atomic mass is 10.3. The minimum absolute atomic E-state index is 0.303. The fourth-order valence-corrected chi connectivity index (χ4v) is 1.65. The van der Waals surface area contributed by atoms with E-state index >= 15 is 0 Å². The van der Waals surface area contributed by atoms with Gasteiger partial charge in [0.05, 0.1) is 5.02 Å². The SMILES string of the molecule is Clc1ccc(Br)cc1OCc1ncccn1. The van der Waals surface area contributed by atoms with Crippen LogP contribution in [-0.4, -0.2) is 9.97 Å². The highest BCUT2D eigenvalue weighted by molar-refractivity contribution is 9.10. The van der Waals surface area contributed by atoms with Gasteiger partial charge in [-0.1, -0.05) is 27.5 Å². The molecule has 0 atom stereocenters. The standard InChI is InChI=1S/C11H8BrClN2O/c12-8-2-3-9(13)10(6-8)16-7-11-14-4-1-5-15-11/h1-6H,7H2. The van der Waals surface area contributed by atoms with Gasteiger partial charge in [-0.25, -0.2) is 9.97 Å². The van der Waals surface area contributed by atoms with Gasteiger partial charge < -0.3 is 4.74 Å². The summed E-state index contributed by atoms with van der Waals surface area (Å²) in [6.07, 6.45) is 3.35. The van der Waals surface area contributed by atoms with Crippen molar-refractivity contribution in [2.45, 2.75) is 6.61 Å². The van der Waals surface area contributed by atoms with E-state index in [4.69, 9.17) is 16.3 Å². The van der Waals surface area contributed by atoms with E-state index in [1.807, 2.05) is 12.1 Å². The average Bonchev–Trinajstić information content (AvgIpc) is 2.32. The zero-order valence-corrected chi connectivity index (χ0v) is 10.6. The first kappa shape index (κ1) is 11.4. The molecule has 0 aliphatic carbocycles. The summed E-state index contributed by atoms with van der Waals surface area (Å²) in [6, 6.07) is 7.20. The van der Waals surface area contributed by atoms with Crippen LogP contribution in [0.1, 0.15) is 5.82 Å². The molecule has 3 nitrogen and oxygen atoms in total. The second kappa shape index (κ2) is 5.27. The molecule has 0 spiro atoms. The van der Waals surface area contributed by atoms with Gasteiger partial charge in [0.15, 0.2) is 5.82 Å². The predicted octanol–water partition coefficient (Wildman–Crippen LogP) is 3.47. The van der Waals surface area contributed by atoms with Crippen molar-refractivity contribution in [2.24, 2.45) is 0 Å². The molecule has 1 aromatic heterocycles. The number of ether oxygens (including phenoxy) is 1. The van der Waals surface area contributed by atoms with Crippen molar-refractivity contribution in [3.8, 4) is 5.75 Å². The van der Waals surface area contributed by atoms with Crippen LogP contribution in [0.25, 0.3) is 0 Å². The molecule has 82 valence electrons. The molecule has 5 heteroatoms. The van der Waals surface area contributed by atoms with Crippen molar-refractivity contribution in [2.75, 3.05) is 0 Å². The Morgan fingerprint density at radius 2 is 2.00 bits per heavy atom. The van der Waals surface area contributed by atoms with Crippen LogP contribution in [-0.2, 0) is 6.61 Å². The Balaban J connectivity index is 2.08. The molecular formula is C11H8BrClN2O.